The molecule has 34 heavy (non-hydrogen) atoms. The number of benzene rings is 1. The summed E-state index contributed by atoms with van der Waals surface area (Å²) in [7, 11) is -1.93. The van der Waals surface area contributed by atoms with Crippen LogP contribution in [0.3, 0.4) is 0 Å². The lowest BCUT2D eigenvalue weighted by Gasteiger charge is -2.36. The molecule has 1 aromatic heterocycles. The van der Waals surface area contributed by atoms with Gasteiger partial charge in [0.05, 0.1) is 17.7 Å². The van der Waals surface area contributed by atoms with Crippen LogP contribution in [-0.4, -0.2) is 50.6 Å². The second-order valence-electron chi connectivity index (χ2n) is 9.66. The van der Waals surface area contributed by atoms with Gasteiger partial charge in [-0.25, -0.2) is 18.1 Å². The normalized spacial score (nSPS) is 23.1. The highest BCUT2D eigenvalue weighted by atomic mass is 32.2. The molecule has 4 rings (SSSR count). The van der Waals surface area contributed by atoms with Gasteiger partial charge in [-0.2, -0.15) is 0 Å². The molecule has 1 atom stereocenters. The van der Waals surface area contributed by atoms with Crippen LogP contribution in [-0.2, 0) is 22.9 Å². The minimum absolute atomic E-state index is 0.0173. The second kappa shape index (κ2) is 11.4. The van der Waals surface area contributed by atoms with Gasteiger partial charge in [0.2, 0.25) is 10.0 Å². The number of fused-ring (bicyclic) bond motifs is 1. The molecule has 1 fully saturated rings. The number of nitrogen functional groups attached to an aromatic ring is 1. The van der Waals surface area contributed by atoms with Gasteiger partial charge in [-0.15, -0.1) is 11.3 Å². The zero-order valence-corrected chi connectivity index (χ0v) is 22.0. The molecule has 0 radical (unpaired) electrons. The molecule has 0 saturated heterocycles. The SMILES string of the molecule is CCCN(CC[C@H]1CC[C@H](NS(=O)(=O)c2ccc(OC)cc2)CC1)[C@H]1CCc2nc(N)sc2C1. The summed E-state index contributed by atoms with van der Waals surface area (Å²) in [6, 6.07) is 7.17. The third kappa shape index (κ3) is 6.30. The molecule has 0 amide bonds. The zero-order valence-electron chi connectivity index (χ0n) is 20.3. The summed E-state index contributed by atoms with van der Waals surface area (Å²) in [4.78, 5) is 8.84. The summed E-state index contributed by atoms with van der Waals surface area (Å²) in [5, 5.41) is 0.701. The van der Waals surface area contributed by atoms with Crippen molar-refractivity contribution in [2.75, 3.05) is 25.9 Å². The number of anilines is 1. The third-order valence-corrected chi connectivity index (χ3v) is 9.81. The van der Waals surface area contributed by atoms with Crippen molar-refractivity contribution in [3.63, 3.8) is 0 Å². The van der Waals surface area contributed by atoms with Crippen LogP contribution in [0.15, 0.2) is 29.2 Å². The van der Waals surface area contributed by atoms with E-state index in [-0.39, 0.29) is 6.04 Å². The van der Waals surface area contributed by atoms with Crippen LogP contribution in [0.4, 0.5) is 5.13 Å². The van der Waals surface area contributed by atoms with E-state index in [1.807, 2.05) is 0 Å². The van der Waals surface area contributed by atoms with Gasteiger partial charge in [-0.3, -0.25) is 0 Å². The Bertz CT molecular complexity index is 1030. The van der Waals surface area contributed by atoms with E-state index < -0.39 is 10.0 Å². The van der Waals surface area contributed by atoms with Crippen LogP contribution < -0.4 is 15.2 Å². The van der Waals surface area contributed by atoms with Crippen molar-refractivity contribution in [2.24, 2.45) is 5.92 Å². The number of aryl methyl sites for hydroxylation is 1. The Morgan fingerprint density at radius 2 is 1.88 bits per heavy atom. The Balaban J connectivity index is 1.25. The van der Waals surface area contributed by atoms with Gasteiger partial charge in [-0.05, 0) is 101 Å². The molecular weight excluding hydrogens is 468 g/mol. The minimum Gasteiger partial charge on any atom is -0.497 e. The number of rotatable bonds is 10. The smallest absolute Gasteiger partial charge is 0.240 e. The number of sulfonamides is 1. The molecule has 1 heterocycles. The van der Waals surface area contributed by atoms with E-state index in [0.29, 0.717) is 27.7 Å². The summed E-state index contributed by atoms with van der Waals surface area (Å²) in [6.45, 7) is 4.51. The molecule has 0 aliphatic heterocycles. The summed E-state index contributed by atoms with van der Waals surface area (Å²) in [5.41, 5.74) is 7.15. The maximum atomic E-state index is 12.8. The molecule has 1 aromatic carbocycles. The first-order valence-corrected chi connectivity index (χ1v) is 14.8. The number of nitrogens with zero attached hydrogens (tertiary/aromatic N) is 2. The number of hydrogen-bond donors (Lipinski definition) is 2. The molecule has 0 spiro atoms. The van der Waals surface area contributed by atoms with Gasteiger partial charge in [-0.1, -0.05) is 6.92 Å². The molecule has 1 saturated carbocycles. The molecular formula is C25H38N4O3S2. The number of nitrogens with one attached hydrogen (secondary N) is 1. The average Bonchev–Trinajstić information content (AvgIpc) is 3.21. The maximum absolute atomic E-state index is 12.8. The predicted molar refractivity (Wildman–Crippen MR) is 138 cm³/mol. The fourth-order valence-electron chi connectivity index (χ4n) is 5.41. The molecule has 3 N–H and O–H groups in total. The molecule has 188 valence electrons. The van der Waals surface area contributed by atoms with Crippen LogP contribution >= 0.6 is 11.3 Å². The molecule has 2 aliphatic carbocycles. The van der Waals surface area contributed by atoms with Gasteiger partial charge < -0.3 is 15.4 Å². The number of nitrogens with two attached hydrogens (primary N) is 1. The molecule has 0 unspecified atom stereocenters. The van der Waals surface area contributed by atoms with Crippen LogP contribution in [0.2, 0.25) is 0 Å². The lowest BCUT2D eigenvalue weighted by molar-refractivity contribution is 0.158. The van der Waals surface area contributed by atoms with Crippen molar-refractivity contribution in [1.82, 2.24) is 14.6 Å². The van der Waals surface area contributed by atoms with E-state index >= 15 is 0 Å². The summed E-state index contributed by atoms with van der Waals surface area (Å²) < 4.78 is 33.6. The summed E-state index contributed by atoms with van der Waals surface area (Å²) >= 11 is 1.66. The van der Waals surface area contributed by atoms with E-state index in [9.17, 15) is 8.42 Å². The van der Waals surface area contributed by atoms with Crippen molar-refractivity contribution >= 4 is 26.5 Å². The first-order valence-electron chi connectivity index (χ1n) is 12.5. The lowest BCUT2D eigenvalue weighted by atomic mass is 9.84. The first kappa shape index (κ1) is 25.4. The Hall–Kier alpha value is -1.68. The third-order valence-electron chi connectivity index (χ3n) is 7.32. The first-order chi connectivity index (χ1) is 16.4. The average molecular weight is 507 g/mol. The fourth-order valence-corrected chi connectivity index (χ4v) is 7.67. The fraction of sp³-hybridized carbons (Fsp3) is 0.640. The van der Waals surface area contributed by atoms with E-state index in [1.54, 1.807) is 42.7 Å². The highest BCUT2D eigenvalue weighted by molar-refractivity contribution is 7.89. The lowest BCUT2D eigenvalue weighted by Crippen LogP contribution is -2.41. The Morgan fingerprint density at radius 3 is 2.56 bits per heavy atom. The standard InChI is InChI=1S/C25H38N4O3S2/c1-3-15-29(20-8-13-23-24(17-20)33-25(26)27-23)16-14-18-4-6-19(7-5-18)28-34(30,31)22-11-9-21(32-2)10-12-22/h9-12,18-20,28H,3-8,13-17H2,1-2H3,(H2,26,27)/t18-,19-,20-/m0/s1. The second-order valence-corrected chi connectivity index (χ2v) is 12.5. The van der Waals surface area contributed by atoms with E-state index in [0.717, 1.165) is 64.5 Å². The van der Waals surface area contributed by atoms with Crippen LogP contribution in [0.1, 0.15) is 62.4 Å². The van der Waals surface area contributed by atoms with Crippen molar-refractivity contribution in [2.45, 2.75) is 81.7 Å². The highest BCUT2D eigenvalue weighted by Crippen LogP contribution is 2.32. The van der Waals surface area contributed by atoms with Crippen molar-refractivity contribution in [3.8, 4) is 5.75 Å². The highest BCUT2D eigenvalue weighted by Gasteiger charge is 2.29. The molecule has 2 aromatic rings. The topological polar surface area (TPSA) is 97.5 Å². The number of aromatic nitrogens is 1. The van der Waals surface area contributed by atoms with Gasteiger partial charge in [0.25, 0.3) is 0 Å². The van der Waals surface area contributed by atoms with Crippen molar-refractivity contribution in [1.29, 1.82) is 0 Å². The quantitative estimate of drug-likeness (QED) is 0.500. The zero-order chi connectivity index (χ0) is 24.1. The Labute approximate surface area is 208 Å². The van der Waals surface area contributed by atoms with Gasteiger partial charge >= 0.3 is 0 Å². The Kier molecular flexibility index (Phi) is 8.50. The van der Waals surface area contributed by atoms with E-state index in [2.05, 4.69) is 21.5 Å². The van der Waals surface area contributed by atoms with Crippen LogP contribution in [0.25, 0.3) is 0 Å². The number of ether oxygens (including phenoxy) is 1. The van der Waals surface area contributed by atoms with E-state index in [4.69, 9.17) is 10.5 Å². The maximum Gasteiger partial charge on any atom is 0.240 e. The largest absolute Gasteiger partial charge is 0.497 e. The van der Waals surface area contributed by atoms with Crippen molar-refractivity contribution in [3.05, 3.63) is 34.8 Å². The van der Waals surface area contributed by atoms with Gasteiger partial charge in [0, 0.05) is 17.0 Å². The molecule has 2 aliphatic rings. The predicted octanol–water partition coefficient (Wildman–Crippen LogP) is 4.23. The molecule has 9 heteroatoms. The van der Waals surface area contributed by atoms with Crippen LogP contribution in [0, 0.1) is 5.92 Å². The van der Waals surface area contributed by atoms with Crippen LogP contribution in [0.5, 0.6) is 5.75 Å². The summed E-state index contributed by atoms with van der Waals surface area (Å²) in [5.74, 6) is 1.32. The summed E-state index contributed by atoms with van der Waals surface area (Å²) in [6.07, 6.45) is 9.58. The van der Waals surface area contributed by atoms with Gasteiger partial charge in [0.15, 0.2) is 5.13 Å². The molecule has 0 bridgehead atoms. The van der Waals surface area contributed by atoms with Crippen molar-refractivity contribution < 1.29 is 13.2 Å². The monoisotopic (exact) mass is 506 g/mol. The Morgan fingerprint density at radius 1 is 1.15 bits per heavy atom. The van der Waals surface area contributed by atoms with E-state index in [1.165, 1.54) is 17.0 Å². The minimum atomic E-state index is -3.50. The molecule has 7 nitrogen and oxygen atoms in total. The number of hydrogen-bond acceptors (Lipinski definition) is 7. The number of methoxy groups -OCH3 is 1. The number of thiazole rings is 1. The van der Waals surface area contributed by atoms with Gasteiger partial charge in [0.1, 0.15) is 5.75 Å².